The van der Waals surface area contributed by atoms with Crippen molar-refractivity contribution in [3.8, 4) is 0 Å². The summed E-state index contributed by atoms with van der Waals surface area (Å²) in [6.07, 6.45) is -10.6. The number of para-hydroxylation sites is 3. The number of piperazine rings is 2. The maximum atomic E-state index is 14.0. The number of anilines is 6. The molecule has 6 aromatic carbocycles. The minimum Gasteiger partial charge on any atom is -0.438 e. The summed E-state index contributed by atoms with van der Waals surface area (Å²) < 4.78 is 148. The minimum absolute atomic E-state index is 0.0434. The number of carbonyl (C=O) groups is 9. The Morgan fingerprint density at radius 1 is 0.367 bits per heavy atom. The third-order valence-corrected chi connectivity index (χ3v) is 33.5. The number of nitrogens with two attached hydrogens (primary N) is 3. The Bertz CT molecular complexity index is 5140. The lowest BCUT2D eigenvalue weighted by molar-refractivity contribution is -0.143. The Kier molecular flexibility index (Phi) is 39.9. The highest BCUT2D eigenvalue weighted by molar-refractivity contribution is 9.11. The van der Waals surface area contributed by atoms with Crippen molar-refractivity contribution >= 4 is 136 Å². The van der Waals surface area contributed by atoms with Crippen molar-refractivity contribution in [2.45, 2.75) is 229 Å². The number of hydrogen-bond donors (Lipinski definition) is 6. The lowest BCUT2D eigenvalue weighted by atomic mass is 9.68. The summed E-state index contributed by atoms with van der Waals surface area (Å²) in [5, 5.41) is 8.57. The molecule has 3 spiro atoms. The van der Waals surface area contributed by atoms with Gasteiger partial charge in [-0.15, -0.1) is 0 Å². The molecule has 0 saturated carbocycles. The average Bonchev–Trinajstić information content (AvgIpc) is 0.762. The number of benzene rings is 6. The molecule has 0 aliphatic carbocycles. The second-order valence-corrected chi connectivity index (χ2v) is 43.1. The maximum absolute atomic E-state index is 14.0. The monoisotopic (exact) mass is 2290 g/mol. The molecule has 12 aliphatic rings. The van der Waals surface area contributed by atoms with Crippen LogP contribution < -0.4 is 33.2 Å². The number of piperidine rings is 7. The molecular formula is C108H143Br3F9N17O13. The number of hydrogen-bond acceptors (Lipinski definition) is 21. The first-order chi connectivity index (χ1) is 71.5. The van der Waals surface area contributed by atoms with Crippen LogP contribution in [0.25, 0.3) is 0 Å². The van der Waals surface area contributed by atoms with E-state index in [1.54, 1.807) is 20.8 Å². The van der Waals surface area contributed by atoms with E-state index in [0.717, 1.165) is 150 Å². The third kappa shape index (κ3) is 28.3. The molecule has 18 rings (SSSR count). The van der Waals surface area contributed by atoms with Crippen LogP contribution in [0.15, 0.2) is 123 Å². The number of alkyl halides is 9. The highest BCUT2D eigenvalue weighted by Gasteiger charge is 2.51. The largest absolute Gasteiger partial charge is 0.438 e. The molecule has 0 bridgehead atoms. The number of nitrogens with zero attached hydrogens (tertiary/aromatic N) is 11. The maximum Gasteiger partial charge on any atom is 0.418 e. The summed E-state index contributed by atoms with van der Waals surface area (Å²) in [7, 11) is 6.34. The number of ether oxygens (including phenoxy) is 4. The molecule has 0 radical (unpaired) electrons. The normalized spacial score (nSPS) is 20.7. The van der Waals surface area contributed by atoms with Gasteiger partial charge in [-0.25, -0.2) is 19.2 Å². The van der Waals surface area contributed by atoms with Gasteiger partial charge < -0.3 is 90.9 Å². The number of rotatable bonds is 15. The summed E-state index contributed by atoms with van der Waals surface area (Å²) in [5.74, 6) is -0.317. The van der Waals surface area contributed by atoms with Gasteiger partial charge >= 0.3 is 42.9 Å². The van der Waals surface area contributed by atoms with Gasteiger partial charge in [-0.1, -0.05) is 96.1 Å². The Balaban J connectivity index is 0.000000183. The number of nitrogens with one attached hydrogen (secondary N) is 3. The van der Waals surface area contributed by atoms with E-state index < -0.39 is 129 Å². The quantitative estimate of drug-likeness (QED) is 0.0316. The van der Waals surface area contributed by atoms with Crippen LogP contribution in [0, 0.1) is 11.8 Å². The van der Waals surface area contributed by atoms with Gasteiger partial charge in [-0.05, 0) is 266 Å². The molecular weight excluding hydrogens is 2150 g/mol. The van der Waals surface area contributed by atoms with Gasteiger partial charge in [0.1, 0.15) is 5.60 Å². The van der Waals surface area contributed by atoms with Crippen molar-refractivity contribution in [1.29, 1.82) is 0 Å². The fourth-order valence-electron chi connectivity index (χ4n) is 23.1. The zero-order valence-corrected chi connectivity index (χ0v) is 91.7. The number of likely N-dealkylation sites (tertiary alicyclic amines) is 7. The molecule has 0 unspecified atom stereocenters. The van der Waals surface area contributed by atoms with Crippen LogP contribution in [0.2, 0.25) is 0 Å². The van der Waals surface area contributed by atoms with Crippen LogP contribution in [0.3, 0.4) is 0 Å². The second-order valence-electron chi connectivity index (χ2n) is 40.6. The van der Waals surface area contributed by atoms with Gasteiger partial charge in [0.25, 0.3) is 17.7 Å². The number of carbonyl (C=O) groups excluding carboxylic acids is 9. The first-order valence-corrected chi connectivity index (χ1v) is 55.0. The molecule has 12 aliphatic heterocycles. The van der Waals surface area contributed by atoms with Gasteiger partial charge in [-0.2, -0.15) is 39.5 Å². The Morgan fingerprint density at radius 2 is 0.647 bits per heavy atom. The van der Waals surface area contributed by atoms with Crippen molar-refractivity contribution in [3.63, 3.8) is 0 Å². The van der Waals surface area contributed by atoms with E-state index in [9.17, 15) is 82.7 Å². The number of amides is 9. The van der Waals surface area contributed by atoms with Gasteiger partial charge in [0.05, 0.1) is 39.4 Å². The number of nitrogen functional groups attached to an aromatic ring is 3. The fraction of sp³-hybridized carbons (Fsp3) is 0.583. The van der Waals surface area contributed by atoms with Crippen molar-refractivity contribution in [2.24, 2.45) is 11.8 Å². The van der Waals surface area contributed by atoms with Crippen LogP contribution in [-0.4, -0.2) is 303 Å². The number of likely N-dealkylation sites (N-methyl/N-ethyl adjacent to an activating group) is 1. The van der Waals surface area contributed by atoms with Crippen LogP contribution >= 0.6 is 47.8 Å². The SMILES string of the molecule is CC.CC.CC.CN1CCC(C2CCN(C(=O)[C@@H](Cc3cc(Br)c(N)c(C(F)(F)F)c3)OC(=O)N3CCC4(CC3)OC(=O)Nc3ccccc34)CC2)CC1.CN1CCC(N2CCN(C(=O)[C@@H](Cc3cc(Br)c(N)c(C(F)(F)F)c3)OC(=O)N3CCC4(CC3)CC(=O)Nc3ccccc34)CC2)CC1.CN1CCN(C2CCN(C(=O)[C@@H](Cc3cc(Br)c(N)c(C(F)(F)F)c3)OC(=O)N3CCC4(CC3)CC(=O)Nc3ccccc34)CC2)CC1. The molecule has 3 atom stereocenters. The summed E-state index contributed by atoms with van der Waals surface area (Å²) in [5.41, 5.74) is 16.7. The van der Waals surface area contributed by atoms with Crippen molar-refractivity contribution in [1.82, 2.24) is 53.9 Å². The molecule has 9 amide bonds. The topological polar surface area (TPSA) is 340 Å². The van der Waals surface area contributed by atoms with E-state index in [1.165, 1.54) is 32.9 Å². The van der Waals surface area contributed by atoms with E-state index in [1.807, 2.05) is 108 Å². The first-order valence-electron chi connectivity index (χ1n) is 52.6. The standard InChI is InChI=1S/2C34H42BrF3N6O4.C34H41BrF3N5O5.3C2H6/c1-41-14-16-42(17-15-41)23-6-10-43(11-7-23)31(46)28(20-22-18-25(34(36,37)38)30(39)26(35)19-22)48-32(47)44-12-8-33(9-13-44)21-29(45)40-27-5-3-2-4-24(27)33;1-41-10-6-23(7-11-41)42-14-16-43(17-15-42)31(46)28(20-22-18-25(34(36,37)38)30(39)26(35)19-22)48-32(47)44-12-8-33(9-13-44)21-29(45)40-27-5-3-2-4-24(27)33;1-41-12-6-22(7-13-41)23-8-14-42(15-9-23)30(44)28(20-21-18-25(34(36,37)38)29(39)26(35)19-21)47-32(46)43-16-10-33(11-17-43)24-4-2-3-5-27(24)40-31(45)48-33;3*1-2/h2*2-5,18-19,23,28H,6-17,20-21,39H2,1H3,(H,40,45);2-5,18-19,22-23,28H,6-17,20,39H2,1H3,(H,40,45);3*1-2H3/t3*28-;;;/m111.../s1. The minimum atomic E-state index is -4.71. The van der Waals surface area contributed by atoms with E-state index in [-0.39, 0.29) is 74.3 Å². The van der Waals surface area contributed by atoms with Crippen LogP contribution in [-0.2, 0) is 97.1 Å². The van der Waals surface area contributed by atoms with Gasteiger partial charge in [-0.3, -0.25) is 39.1 Å². The number of fused-ring (bicyclic) bond motifs is 6. The Hall–Kier alpha value is -10.2. The summed E-state index contributed by atoms with van der Waals surface area (Å²) >= 11 is 9.39. The summed E-state index contributed by atoms with van der Waals surface area (Å²) in [4.78, 5) is 142. The zero-order valence-electron chi connectivity index (χ0n) is 86.9. The lowest BCUT2D eigenvalue weighted by Gasteiger charge is -2.44. The highest BCUT2D eigenvalue weighted by Crippen LogP contribution is 2.50. The zero-order chi connectivity index (χ0) is 109. The Labute approximate surface area is 897 Å². The third-order valence-electron chi connectivity index (χ3n) is 31.5. The molecule has 42 heteroatoms. The van der Waals surface area contributed by atoms with Crippen LogP contribution in [0.4, 0.5) is 92.8 Å². The van der Waals surface area contributed by atoms with Crippen LogP contribution in [0.5, 0.6) is 0 Å². The molecule has 9 fully saturated rings. The molecule has 6 aromatic rings. The molecule has 30 nitrogen and oxygen atoms in total. The molecule has 12 heterocycles. The molecule has 0 aromatic heterocycles. The summed E-state index contributed by atoms with van der Waals surface area (Å²) in [6.45, 7) is 25.8. The van der Waals surface area contributed by atoms with E-state index >= 15 is 0 Å². The molecule has 9 saturated heterocycles. The summed E-state index contributed by atoms with van der Waals surface area (Å²) in [6, 6.07) is 30.6. The van der Waals surface area contributed by atoms with Gasteiger partial charge in [0.15, 0.2) is 18.3 Å². The predicted molar refractivity (Wildman–Crippen MR) is 567 cm³/mol. The first kappa shape index (κ1) is 117. The molecule has 822 valence electrons. The molecule has 150 heavy (non-hydrogen) atoms. The van der Waals surface area contributed by atoms with Crippen molar-refractivity contribution in [2.75, 3.05) is 198 Å². The van der Waals surface area contributed by atoms with E-state index in [0.29, 0.717) is 160 Å². The molecule has 9 N–H and O–H groups in total. The lowest BCUT2D eigenvalue weighted by Crippen LogP contribution is -2.56. The van der Waals surface area contributed by atoms with E-state index in [4.69, 9.17) is 36.1 Å². The Morgan fingerprint density at radius 3 is 0.993 bits per heavy atom. The highest BCUT2D eigenvalue weighted by atomic mass is 79.9. The van der Waals surface area contributed by atoms with E-state index in [2.05, 4.69) is 109 Å². The smallest absolute Gasteiger partial charge is 0.418 e. The van der Waals surface area contributed by atoms with Crippen LogP contribution in [0.1, 0.15) is 194 Å². The van der Waals surface area contributed by atoms with Gasteiger partial charge in [0.2, 0.25) is 11.8 Å². The second kappa shape index (κ2) is 51.2. The average molecular weight is 2300 g/mol. The van der Waals surface area contributed by atoms with Crippen molar-refractivity contribution in [3.05, 3.63) is 173 Å². The fourth-order valence-corrected chi connectivity index (χ4v) is 24.6. The number of halogens is 12. The van der Waals surface area contributed by atoms with Crippen molar-refractivity contribution < 1.29 is 102 Å². The predicted octanol–water partition coefficient (Wildman–Crippen LogP) is 18.7. The van der Waals surface area contributed by atoms with Gasteiger partial charge in [0, 0.05) is 216 Å².